The molecule has 3 aliphatic rings. The third-order valence-electron chi connectivity index (χ3n) is 8.95. The molecular formula is C29H35F2N7O4. The van der Waals surface area contributed by atoms with Crippen molar-refractivity contribution >= 4 is 23.4 Å². The molecule has 3 unspecified atom stereocenters. The number of esters is 1. The van der Waals surface area contributed by atoms with E-state index in [4.69, 9.17) is 9.72 Å². The summed E-state index contributed by atoms with van der Waals surface area (Å²) in [6.45, 7) is 2.29. The van der Waals surface area contributed by atoms with E-state index in [2.05, 4.69) is 20.8 Å². The third kappa shape index (κ3) is 5.24. The molecule has 11 nitrogen and oxygen atoms in total. The third-order valence-corrected chi connectivity index (χ3v) is 8.95. The average Bonchev–Trinajstić information content (AvgIpc) is 3.91. The summed E-state index contributed by atoms with van der Waals surface area (Å²) in [5.41, 5.74) is 0.228. The number of hydrogen-bond donors (Lipinski definition) is 2. The lowest BCUT2D eigenvalue weighted by Crippen LogP contribution is -2.56. The molecule has 2 saturated carbocycles. The normalized spacial score (nSPS) is 23.3. The molecule has 2 N–H and O–H groups in total. The van der Waals surface area contributed by atoms with Crippen molar-refractivity contribution in [2.24, 2.45) is 29.1 Å². The quantitative estimate of drug-likeness (QED) is 0.262. The Labute approximate surface area is 241 Å². The maximum Gasteiger partial charge on any atom is 0.321 e. The van der Waals surface area contributed by atoms with Crippen LogP contribution in [0.5, 0.6) is 0 Å². The van der Waals surface area contributed by atoms with Crippen molar-refractivity contribution < 1.29 is 27.9 Å². The standard InChI is InChI=1S/C29H35F2N7O4/c1-3-37-21(10-11-33-37)26(39)35-24(23(16-4-5-16)17-6-7-17)20-15-38-22(34-20)9-8-19(36-38)13-29(28(41)42-2)12-18(25(30)31)14-32-27(29)40/h8-11,15-18,23-25H,3-7,12-14H2,1-2H3,(H,32,40)(H,35,39). The molecule has 3 aromatic heterocycles. The van der Waals surface area contributed by atoms with E-state index in [1.54, 1.807) is 39.8 Å². The molecule has 0 spiro atoms. The number of piperidine rings is 1. The van der Waals surface area contributed by atoms with Gasteiger partial charge in [-0.15, -0.1) is 0 Å². The lowest BCUT2D eigenvalue weighted by Gasteiger charge is -2.37. The molecule has 3 fully saturated rings. The number of carbonyl (C=O) groups is 3. The Bertz CT molecular complexity index is 1480. The Hall–Kier alpha value is -3.90. The highest BCUT2D eigenvalue weighted by Crippen LogP contribution is 2.54. The van der Waals surface area contributed by atoms with Crippen molar-refractivity contribution in [2.45, 2.75) is 64.5 Å². The molecule has 4 heterocycles. The van der Waals surface area contributed by atoms with Gasteiger partial charge in [-0.25, -0.2) is 18.3 Å². The van der Waals surface area contributed by atoms with Crippen molar-refractivity contribution in [3.05, 3.63) is 47.7 Å². The molecule has 0 aromatic carbocycles. The second-order valence-corrected chi connectivity index (χ2v) is 11.8. The number of carbonyl (C=O) groups excluding carboxylic acids is 3. The van der Waals surface area contributed by atoms with Gasteiger partial charge < -0.3 is 15.4 Å². The SMILES string of the molecule is CCn1nccc1C(=O)NC(c1cn2nc(CC3(C(=O)OC)CC(C(F)F)CNC3=O)ccc2n1)C(C1CC1)C1CC1. The first kappa shape index (κ1) is 28.2. The molecule has 2 aliphatic carbocycles. The molecule has 13 heteroatoms. The van der Waals surface area contributed by atoms with E-state index in [0.717, 1.165) is 32.8 Å². The number of nitrogens with zero attached hydrogens (tertiary/aromatic N) is 5. The second-order valence-electron chi connectivity index (χ2n) is 11.8. The van der Waals surface area contributed by atoms with Gasteiger partial charge in [-0.2, -0.15) is 10.2 Å². The van der Waals surface area contributed by atoms with Crippen LogP contribution in [0.4, 0.5) is 8.78 Å². The topological polar surface area (TPSA) is 133 Å². The molecule has 3 atom stereocenters. The van der Waals surface area contributed by atoms with Crippen LogP contribution in [0.1, 0.15) is 66.9 Å². The van der Waals surface area contributed by atoms with Crippen LogP contribution >= 0.6 is 0 Å². The first-order valence-corrected chi connectivity index (χ1v) is 14.6. The number of fused-ring (bicyclic) bond motifs is 1. The van der Waals surface area contributed by atoms with Crippen LogP contribution in [0, 0.1) is 29.1 Å². The zero-order valence-corrected chi connectivity index (χ0v) is 23.6. The van der Waals surface area contributed by atoms with Crippen LogP contribution in [-0.4, -0.2) is 62.2 Å². The second kappa shape index (κ2) is 11.1. The maximum atomic E-state index is 13.6. The number of methoxy groups -OCH3 is 1. The van der Waals surface area contributed by atoms with Gasteiger partial charge in [-0.05, 0) is 75.0 Å². The molecule has 1 aliphatic heterocycles. The van der Waals surface area contributed by atoms with E-state index < -0.39 is 29.6 Å². The summed E-state index contributed by atoms with van der Waals surface area (Å²) in [7, 11) is 1.14. The minimum atomic E-state index is -2.70. The Morgan fingerprint density at radius 2 is 1.90 bits per heavy atom. The number of amides is 2. The van der Waals surface area contributed by atoms with Gasteiger partial charge in [0.1, 0.15) is 5.69 Å². The lowest BCUT2D eigenvalue weighted by atomic mass is 9.72. The van der Waals surface area contributed by atoms with Gasteiger partial charge in [0.25, 0.3) is 5.91 Å². The fourth-order valence-corrected chi connectivity index (χ4v) is 6.52. The Balaban J connectivity index is 1.32. The minimum Gasteiger partial charge on any atom is -0.468 e. The lowest BCUT2D eigenvalue weighted by molar-refractivity contribution is -0.164. The molecule has 2 amide bonds. The number of halogens is 2. The Kier molecular flexibility index (Phi) is 7.44. The summed E-state index contributed by atoms with van der Waals surface area (Å²) in [5.74, 6) is -1.64. The highest BCUT2D eigenvalue weighted by atomic mass is 19.3. The predicted molar refractivity (Wildman–Crippen MR) is 145 cm³/mol. The van der Waals surface area contributed by atoms with Crippen molar-refractivity contribution in [1.29, 1.82) is 0 Å². The predicted octanol–water partition coefficient (Wildman–Crippen LogP) is 2.96. The van der Waals surface area contributed by atoms with Gasteiger partial charge in [0.05, 0.1) is 30.7 Å². The van der Waals surface area contributed by atoms with E-state index in [-0.39, 0.29) is 37.3 Å². The fraction of sp³-hybridized carbons (Fsp3) is 0.586. The summed E-state index contributed by atoms with van der Waals surface area (Å²) in [6, 6.07) is 4.73. The summed E-state index contributed by atoms with van der Waals surface area (Å²) in [5, 5.41) is 14.6. The van der Waals surface area contributed by atoms with Crippen LogP contribution in [0.25, 0.3) is 5.65 Å². The molecule has 1 saturated heterocycles. The van der Waals surface area contributed by atoms with Crippen molar-refractivity contribution in [3.8, 4) is 0 Å². The van der Waals surface area contributed by atoms with Gasteiger partial charge in [0, 0.05) is 31.6 Å². The van der Waals surface area contributed by atoms with Crippen molar-refractivity contribution in [2.75, 3.05) is 13.7 Å². The van der Waals surface area contributed by atoms with E-state index in [0.29, 0.717) is 41.1 Å². The van der Waals surface area contributed by atoms with Crippen LogP contribution in [0.15, 0.2) is 30.6 Å². The summed E-state index contributed by atoms with van der Waals surface area (Å²) < 4.78 is 35.4. The number of aromatic nitrogens is 5. The first-order valence-electron chi connectivity index (χ1n) is 14.6. The van der Waals surface area contributed by atoms with Crippen molar-refractivity contribution in [3.63, 3.8) is 0 Å². The summed E-state index contributed by atoms with van der Waals surface area (Å²) in [4.78, 5) is 44.1. The Morgan fingerprint density at radius 1 is 1.17 bits per heavy atom. The smallest absolute Gasteiger partial charge is 0.321 e. The number of imidazole rings is 1. The van der Waals surface area contributed by atoms with Crippen molar-refractivity contribution in [1.82, 2.24) is 35.0 Å². The number of nitrogens with one attached hydrogen (secondary N) is 2. The maximum absolute atomic E-state index is 13.6. The average molecular weight is 584 g/mol. The minimum absolute atomic E-state index is 0.202. The number of ether oxygens (including phenoxy) is 1. The summed E-state index contributed by atoms with van der Waals surface area (Å²) >= 11 is 0. The molecular weight excluding hydrogens is 548 g/mol. The van der Waals surface area contributed by atoms with E-state index >= 15 is 0 Å². The zero-order chi connectivity index (χ0) is 29.6. The highest BCUT2D eigenvalue weighted by molar-refractivity contribution is 6.03. The summed E-state index contributed by atoms with van der Waals surface area (Å²) in [6.07, 6.45) is 4.61. The van der Waals surface area contributed by atoms with E-state index in [1.165, 1.54) is 0 Å². The number of aryl methyl sites for hydroxylation is 1. The monoisotopic (exact) mass is 583 g/mol. The van der Waals surface area contributed by atoms with Crippen LogP contribution in [0.3, 0.4) is 0 Å². The fourth-order valence-electron chi connectivity index (χ4n) is 6.52. The van der Waals surface area contributed by atoms with Crippen LogP contribution < -0.4 is 10.6 Å². The van der Waals surface area contributed by atoms with Gasteiger partial charge in [-0.1, -0.05) is 0 Å². The van der Waals surface area contributed by atoms with Gasteiger partial charge in [-0.3, -0.25) is 19.1 Å². The van der Waals surface area contributed by atoms with Crippen LogP contribution in [0.2, 0.25) is 0 Å². The van der Waals surface area contributed by atoms with Gasteiger partial charge in [0.15, 0.2) is 11.1 Å². The number of alkyl halides is 2. The zero-order valence-electron chi connectivity index (χ0n) is 23.6. The molecule has 6 rings (SSSR count). The largest absolute Gasteiger partial charge is 0.468 e. The van der Waals surface area contributed by atoms with E-state index in [1.807, 2.05) is 6.92 Å². The molecule has 0 radical (unpaired) electrons. The van der Waals surface area contributed by atoms with Crippen LogP contribution in [-0.2, 0) is 27.3 Å². The highest BCUT2D eigenvalue weighted by Gasteiger charge is 2.53. The molecule has 42 heavy (non-hydrogen) atoms. The Morgan fingerprint density at radius 3 is 2.55 bits per heavy atom. The molecule has 224 valence electrons. The van der Waals surface area contributed by atoms with Gasteiger partial charge >= 0.3 is 5.97 Å². The molecule has 3 aromatic rings. The first-order chi connectivity index (χ1) is 20.2. The van der Waals surface area contributed by atoms with E-state index in [9.17, 15) is 23.2 Å². The number of hydrogen-bond acceptors (Lipinski definition) is 7. The molecule has 0 bridgehead atoms. The van der Waals surface area contributed by atoms with Gasteiger partial charge in [0.2, 0.25) is 12.3 Å². The number of rotatable bonds is 11.